The molecule has 2 fully saturated rings. The van der Waals surface area contributed by atoms with Crippen LogP contribution >= 0.6 is 12.6 Å². The number of hydrogen-bond donors (Lipinski definition) is 6. The molecule has 31 heavy (non-hydrogen) atoms. The van der Waals surface area contributed by atoms with Crippen LogP contribution in [0.15, 0.2) is 35.1 Å². The Labute approximate surface area is 188 Å². The van der Waals surface area contributed by atoms with E-state index >= 15 is 0 Å². The van der Waals surface area contributed by atoms with E-state index in [-0.39, 0.29) is 23.4 Å². The molecule has 0 aromatic heterocycles. The lowest BCUT2D eigenvalue weighted by Crippen LogP contribution is -2.48. The molecule has 1 saturated heterocycles. The number of benzene rings is 1. The van der Waals surface area contributed by atoms with Crippen LogP contribution in [0.3, 0.4) is 0 Å². The predicted molar refractivity (Wildman–Crippen MR) is 129 cm³/mol. The molecular weight excluding hydrogens is 412 g/mol. The van der Waals surface area contributed by atoms with Crippen LogP contribution in [-0.2, 0) is 0 Å². The summed E-state index contributed by atoms with van der Waals surface area (Å²) in [7, 11) is 0. The van der Waals surface area contributed by atoms with E-state index in [2.05, 4.69) is 24.5 Å². The smallest absolute Gasteiger partial charge is 0.162 e. The summed E-state index contributed by atoms with van der Waals surface area (Å²) in [6.45, 7) is 4.83. The van der Waals surface area contributed by atoms with Gasteiger partial charge in [0.15, 0.2) is 5.17 Å². The molecule has 1 heterocycles. The second-order valence-electron chi connectivity index (χ2n) is 8.02. The van der Waals surface area contributed by atoms with Crippen LogP contribution in [0, 0.1) is 16.2 Å². The largest absolute Gasteiger partial charge is 0.488 e. The van der Waals surface area contributed by atoms with Crippen LogP contribution in [0.4, 0.5) is 5.69 Å². The molecule has 7 N–H and O–H groups in total. The van der Waals surface area contributed by atoms with Gasteiger partial charge in [0.2, 0.25) is 0 Å². The van der Waals surface area contributed by atoms with Gasteiger partial charge in [0, 0.05) is 43.9 Å². The van der Waals surface area contributed by atoms with Gasteiger partial charge in [0.25, 0.3) is 0 Å². The summed E-state index contributed by atoms with van der Waals surface area (Å²) in [5.41, 5.74) is 13.3. The fourth-order valence-electron chi connectivity index (χ4n) is 3.28. The Morgan fingerprint density at radius 2 is 1.87 bits per heavy atom. The number of hydrogen-bond acceptors (Lipinski definition) is 7. The zero-order valence-corrected chi connectivity index (χ0v) is 18.6. The number of piperazine rings is 1. The standard InChI is InChI=1S/C21H30N8OS/c1-21(6-7-21)30-14-2-3-16(23)15(12-14)19(26)17(24)4-5-18(25)28-8-10-29(11-9-28)20(31)27-13-22/h2-3,5,12-13,24,26H,4,6-11,23,25H2,1H3,(H2,22,27,31). The number of amidine groups is 1. The molecule has 0 spiro atoms. The van der Waals surface area contributed by atoms with Gasteiger partial charge in [-0.05, 0) is 44.0 Å². The van der Waals surface area contributed by atoms with Gasteiger partial charge in [-0.3, -0.25) is 10.8 Å². The van der Waals surface area contributed by atoms with E-state index in [1.807, 2.05) is 9.80 Å². The third kappa shape index (κ3) is 5.78. The summed E-state index contributed by atoms with van der Waals surface area (Å²) in [6.07, 6.45) is 5.01. The van der Waals surface area contributed by atoms with Crippen molar-refractivity contribution in [2.75, 3.05) is 31.9 Å². The number of nitrogens with one attached hydrogen (secondary N) is 3. The number of rotatable bonds is 8. The molecule has 1 aliphatic heterocycles. The summed E-state index contributed by atoms with van der Waals surface area (Å²) in [4.78, 5) is 7.88. The van der Waals surface area contributed by atoms with Gasteiger partial charge < -0.3 is 31.4 Å². The Morgan fingerprint density at radius 3 is 2.48 bits per heavy atom. The lowest BCUT2D eigenvalue weighted by molar-refractivity contribution is 0.200. The maximum absolute atomic E-state index is 8.43. The number of ether oxygens (including phenoxy) is 1. The number of aliphatic imine (C=N–C) groups is 1. The third-order valence-corrected chi connectivity index (χ3v) is 5.94. The molecule has 10 heteroatoms. The Balaban J connectivity index is 1.58. The van der Waals surface area contributed by atoms with Crippen LogP contribution in [0.25, 0.3) is 0 Å². The molecular formula is C21H30N8OS. The molecule has 1 aliphatic carbocycles. The first kappa shape index (κ1) is 22.7. The van der Waals surface area contributed by atoms with Crippen LogP contribution < -0.4 is 16.2 Å². The molecule has 1 saturated carbocycles. The molecule has 1 aromatic carbocycles. The molecule has 1 aromatic rings. The first-order chi connectivity index (χ1) is 14.7. The second kappa shape index (κ2) is 9.42. The minimum Gasteiger partial charge on any atom is -0.488 e. The SMILES string of the molecule is CC1(Oc2ccc(N)c(C(=N)C(=N)CC=C(N)N3CCN(/C(S)=N/C=N)CC3)c2)CC1. The van der Waals surface area contributed by atoms with Crippen molar-refractivity contribution in [2.24, 2.45) is 10.7 Å². The van der Waals surface area contributed by atoms with E-state index in [9.17, 15) is 0 Å². The Bertz CT molecular complexity index is 929. The molecule has 0 amide bonds. The molecule has 166 valence electrons. The number of nitrogen functional groups attached to an aromatic ring is 1. The van der Waals surface area contributed by atoms with Crippen LogP contribution in [0.2, 0.25) is 0 Å². The van der Waals surface area contributed by atoms with E-state index in [0.717, 1.165) is 19.2 Å². The lowest BCUT2D eigenvalue weighted by atomic mass is 10.0. The van der Waals surface area contributed by atoms with Crippen LogP contribution in [0.5, 0.6) is 5.75 Å². The maximum Gasteiger partial charge on any atom is 0.162 e. The van der Waals surface area contributed by atoms with E-state index in [0.29, 0.717) is 54.2 Å². The molecule has 0 unspecified atom stereocenters. The molecule has 0 radical (unpaired) electrons. The van der Waals surface area contributed by atoms with Crippen LogP contribution in [-0.4, -0.2) is 64.5 Å². The number of allylic oxidation sites excluding steroid dienone is 1. The Hall–Kier alpha value is -3.01. The zero-order chi connectivity index (χ0) is 22.6. The van der Waals surface area contributed by atoms with E-state index < -0.39 is 0 Å². The van der Waals surface area contributed by atoms with Gasteiger partial charge in [0.1, 0.15) is 17.7 Å². The summed E-state index contributed by atoms with van der Waals surface area (Å²) in [6, 6.07) is 5.27. The lowest BCUT2D eigenvalue weighted by Gasteiger charge is -2.36. The number of thiol groups is 1. The number of anilines is 1. The fraction of sp³-hybridized carbons (Fsp3) is 0.429. The topological polar surface area (TPSA) is 152 Å². The second-order valence-corrected chi connectivity index (χ2v) is 8.42. The highest BCUT2D eigenvalue weighted by atomic mass is 32.1. The maximum atomic E-state index is 8.43. The Morgan fingerprint density at radius 1 is 1.23 bits per heavy atom. The minimum absolute atomic E-state index is 0.0698. The van der Waals surface area contributed by atoms with Gasteiger partial charge >= 0.3 is 0 Å². The first-order valence-corrected chi connectivity index (χ1v) is 10.6. The van der Waals surface area contributed by atoms with E-state index in [1.165, 1.54) is 0 Å². The van der Waals surface area contributed by atoms with Crippen molar-refractivity contribution in [2.45, 2.75) is 31.8 Å². The quantitative estimate of drug-likeness (QED) is 0.158. The zero-order valence-electron chi connectivity index (χ0n) is 17.7. The Kier molecular flexibility index (Phi) is 6.89. The van der Waals surface area contributed by atoms with Gasteiger partial charge in [-0.2, -0.15) is 0 Å². The highest BCUT2D eigenvalue weighted by Crippen LogP contribution is 2.40. The molecule has 3 rings (SSSR count). The van der Waals surface area contributed by atoms with Crippen molar-refractivity contribution >= 4 is 41.2 Å². The summed E-state index contributed by atoms with van der Waals surface area (Å²) < 4.78 is 5.97. The summed E-state index contributed by atoms with van der Waals surface area (Å²) in [5.74, 6) is 1.25. The van der Waals surface area contributed by atoms with Gasteiger partial charge in [-0.15, -0.1) is 12.6 Å². The van der Waals surface area contributed by atoms with Gasteiger partial charge in [0.05, 0.1) is 17.2 Å². The molecule has 0 atom stereocenters. The summed E-state index contributed by atoms with van der Waals surface area (Å²) in [5, 5.41) is 24.3. The molecule has 2 aliphatic rings. The van der Waals surface area contributed by atoms with Crippen molar-refractivity contribution in [1.29, 1.82) is 16.2 Å². The van der Waals surface area contributed by atoms with Crippen LogP contribution in [0.1, 0.15) is 31.7 Å². The van der Waals surface area contributed by atoms with Crippen molar-refractivity contribution in [3.8, 4) is 5.75 Å². The normalized spacial score (nSPS) is 18.5. The molecule has 9 nitrogen and oxygen atoms in total. The summed E-state index contributed by atoms with van der Waals surface area (Å²) >= 11 is 4.29. The predicted octanol–water partition coefficient (Wildman–Crippen LogP) is 2.29. The minimum atomic E-state index is -0.122. The van der Waals surface area contributed by atoms with Gasteiger partial charge in [-0.1, -0.05) is 0 Å². The first-order valence-electron chi connectivity index (χ1n) is 10.2. The van der Waals surface area contributed by atoms with Crippen molar-refractivity contribution in [3.05, 3.63) is 35.7 Å². The third-order valence-electron chi connectivity index (χ3n) is 5.54. The highest BCUT2D eigenvalue weighted by Gasteiger charge is 2.40. The van der Waals surface area contributed by atoms with Crippen molar-refractivity contribution in [3.63, 3.8) is 0 Å². The highest BCUT2D eigenvalue weighted by molar-refractivity contribution is 7.96. The molecule has 0 bridgehead atoms. The average Bonchev–Trinajstić information content (AvgIpc) is 3.49. The van der Waals surface area contributed by atoms with Crippen molar-refractivity contribution < 1.29 is 4.74 Å². The number of nitrogens with two attached hydrogens (primary N) is 2. The average molecular weight is 443 g/mol. The monoisotopic (exact) mass is 442 g/mol. The fourth-order valence-corrected chi connectivity index (χ4v) is 3.54. The van der Waals surface area contributed by atoms with E-state index in [1.54, 1.807) is 24.3 Å². The number of nitrogens with zero attached hydrogens (tertiary/aromatic N) is 3. The van der Waals surface area contributed by atoms with E-state index in [4.69, 9.17) is 32.4 Å². The van der Waals surface area contributed by atoms with Crippen molar-refractivity contribution in [1.82, 2.24) is 9.80 Å². The van der Waals surface area contributed by atoms with Gasteiger partial charge in [-0.25, -0.2) is 4.99 Å².